The Morgan fingerprint density at radius 1 is 1.23 bits per heavy atom. The monoisotopic (exact) mass is 424 g/mol. The molecule has 4 aromatic heterocycles. The Morgan fingerprint density at radius 2 is 2.03 bits per heavy atom. The van der Waals surface area contributed by atoms with Gasteiger partial charge in [0.25, 0.3) is 0 Å². The number of halogens is 1. The van der Waals surface area contributed by atoms with E-state index >= 15 is 0 Å². The second-order valence-corrected chi connectivity index (χ2v) is 7.71. The average molecular weight is 424 g/mol. The fourth-order valence-electron chi connectivity index (χ4n) is 4.33. The third-order valence-corrected chi connectivity index (χ3v) is 5.84. The number of imidazole rings is 2. The van der Waals surface area contributed by atoms with Gasteiger partial charge in [-0.25, -0.2) is 24.1 Å². The van der Waals surface area contributed by atoms with E-state index in [-0.39, 0.29) is 23.6 Å². The van der Waals surface area contributed by atoms with Crippen LogP contribution in [0.5, 0.6) is 0 Å². The summed E-state index contributed by atoms with van der Waals surface area (Å²) in [6, 6.07) is 2.84. The summed E-state index contributed by atoms with van der Waals surface area (Å²) < 4.78 is 22.1. The van der Waals surface area contributed by atoms with E-state index in [0.29, 0.717) is 60.6 Å². The predicted molar refractivity (Wildman–Crippen MR) is 110 cm³/mol. The number of rotatable bonds is 4. The van der Waals surface area contributed by atoms with Gasteiger partial charge in [0.1, 0.15) is 22.7 Å². The largest absolute Gasteiger partial charge is 0.466 e. The molecule has 1 fully saturated rings. The number of carbonyl (C=O) groups is 1. The number of carbonyl (C=O) groups excluding carboxylic acids is 1. The van der Waals surface area contributed by atoms with E-state index in [1.807, 2.05) is 0 Å². The van der Waals surface area contributed by atoms with E-state index in [9.17, 15) is 14.0 Å². The molecule has 0 saturated heterocycles. The van der Waals surface area contributed by atoms with Crippen LogP contribution in [0.15, 0.2) is 35.5 Å². The molecule has 0 atom stereocenters. The molecule has 4 heterocycles. The van der Waals surface area contributed by atoms with Gasteiger partial charge < -0.3 is 9.72 Å². The van der Waals surface area contributed by atoms with Crippen molar-refractivity contribution >= 4 is 22.8 Å². The molecule has 4 aromatic rings. The number of fused-ring (bicyclic) bond motifs is 2. The minimum atomic E-state index is -0.398. The van der Waals surface area contributed by atoms with Crippen molar-refractivity contribution in [1.29, 1.82) is 0 Å². The van der Waals surface area contributed by atoms with Crippen molar-refractivity contribution in [1.82, 2.24) is 28.9 Å². The Labute approximate surface area is 175 Å². The van der Waals surface area contributed by atoms with Crippen LogP contribution >= 0.6 is 0 Å². The minimum Gasteiger partial charge on any atom is -0.466 e. The van der Waals surface area contributed by atoms with Gasteiger partial charge in [0.2, 0.25) is 0 Å². The zero-order valence-corrected chi connectivity index (χ0v) is 16.9. The van der Waals surface area contributed by atoms with Gasteiger partial charge in [-0.15, -0.1) is 0 Å². The summed E-state index contributed by atoms with van der Waals surface area (Å²) in [6.45, 7) is 2.16. The number of aromatic nitrogens is 6. The van der Waals surface area contributed by atoms with E-state index in [4.69, 9.17) is 4.74 Å². The molecule has 31 heavy (non-hydrogen) atoms. The molecular formula is C21H21FN6O3. The van der Waals surface area contributed by atoms with E-state index in [1.54, 1.807) is 34.4 Å². The topological polar surface area (TPSA) is 107 Å². The van der Waals surface area contributed by atoms with Crippen LogP contribution in [0.1, 0.15) is 38.6 Å². The van der Waals surface area contributed by atoms with Crippen LogP contribution in [-0.2, 0) is 9.53 Å². The molecule has 0 aromatic carbocycles. The minimum absolute atomic E-state index is 0.0747. The Balaban J connectivity index is 1.50. The molecule has 0 amide bonds. The lowest BCUT2D eigenvalue weighted by Gasteiger charge is -2.27. The number of nitrogens with zero attached hydrogens (tertiary/aromatic N) is 5. The van der Waals surface area contributed by atoms with Gasteiger partial charge in [0.15, 0.2) is 11.5 Å². The van der Waals surface area contributed by atoms with Crippen molar-refractivity contribution in [2.75, 3.05) is 6.61 Å². The van der Waals surface area contributed by atoms with Crippen molar-refractivity contribution in [3.8, 4) is 11.5 Å². The first-order chi connectivity index (χ1) is 15.0. The SMILES string of the molecule is CCOC(=O)[C@H]1CC[C@@H](n2c(=O)[nH]c3cnc(-c4cnc5ccc(F)cn45)nc32)CC1. The van der Waals surface area contributed by atoms with Crippen molar-refractivity contribution < 1.29 is 13.9 Å². The average Bonchev–Trinajstić information content (AvgIpc) is 3.33. The molecule has 1 saturated carbocycles. The molecule has 1 aliphatic carbocycles. The molecular weight excluding hydrogens is 403 g/mol. The highest BCUT2D eigenvalue weighted by Gasteiger charge is 2.30. The van der Waals surface area contributed by atoms with Crippen LogP contribution in [0.25, 0.3) is 28.3 Å². The Kier molecular flexibility index (Phi) is 4.76. The fraction of sp³-hybridized carbons (Fsp3) is 0.381. The molecule has 5 rings (SSSR count). The highest BCUT2D eigenvalue weighted by Crippen LogP contribution is 2.33. The maximum Gasteiger partial charge on any atom is 0.327 e. The summed E-state index contributed by atoms with van der Waals surface area (Å²) in [5.74, 6) is -0.352. The van der Waals surface area contributed by atoms with Crippen LogP contribution in [0.2, 0.25) is 0 Å². The molecule has 1 N–H and O–H groups in total. The van der Waals surface area contributed by atoms with Gasteiger partial charge >= 0.3 is 11.7 Å². The second kappa shape index (κ2) is 7.60. The summed E-state index contributed by atoms with van der Waals surface area (Å²) in [5, 5.41) is 0. The zero-order valence-electron chi connectivity index (χ0n) is 16.9. The fourth-order valence-corrected chi connectivity index (χ4v) is 4.33. The van der Waals surface area contributed by atoms with E-state index in [0.717, 1.165) is 0 Å². The molecule has 0 spiro atoms. The van der Waals surface area contributed by atoms with Gasteiger partial charge in [-0.05, 0) is 44.7 Å². The van der Waals surface area contributed by atoms with Crippen LogP contribution in [0.3, 0.4) is 0 Å². The maximum absolute atomic E-state index is 13.7. The molecule has 9 nitrogen and oxygen atoms in total. The Morgan fingerprint density at radius 3 is 2.81 bits per heavy atom. The summed E-state index contributed by atoms with van der Waals surface area (Å²) >= 11 is 0. The third kappa shape index (κ3) is 3.37. The molecule has 0 bridgehead atoms. The van der Waals surface area contributed by atoms with Crippen molar-refractivity contribution in [3.63, 3.8) is 0 Å². The number of esters is 1. The van der Waals surface area contributed by atoms with Crippen LogP contribution in [-0.4, -0.2) is 41.5 Å². The molecule has 1 aliphatic rings. The maximum atomic E-state index is 13.7. The number of hydrogen-bond donors (Lipinski definition) is 1. The lowest BCUT2D eigenvalue weighted by atomic mass is 9.86. The van der Waals surface area contributed by atoms with Gasteiger partial charge in [-0.2, -0.15) is 0 Å². The first-order valence-electron chi connectivity index (χ1n) is 10.3. The van der Waals surface area contributed by atoms with E-state index in [2.05, 4.69) is 19.9 Å². The number of hydrogen-bond acceptors (Lipinski definition) is 6. The summed E-state index contributed by atoms with van der Waals surface area (Å²) in [7, 11) is 0. The van der Waals surface area contributed by atoms with Crippen LogP contribution in [0.4, 0.5) is 4.39 Å². The van der Waals surface area contributed by atoms with E-state index in [1.165, 1.54) is 12.3 Å². The molecule has 10 heteroatoms. The van der Waals surface area contributed by atoms with Gasteiger partial charge in [-0.3, -0.25) is 13.8 Å². The molecule has 160 valence electrons. The number of nitrogens with one attached hydrogen (secondary N) is 1. The molecule has 0 aliphatic heterocycles. The summed E-state index contributed by atoms with van der Waals surface area (Å²) in [4.78, 5) is 40.8. The van der Waals surface area contributed by atoms with Crippen LogP contribution in [0, 0.1) is 11.7 Å². The quantitative estimate of drug-likeness (QED) is 0.505. The van der Waals surface area contributed by atoms with Gasteiger partial charge in [-0.1, -0.05) is 0 Å². The number of ether oxygens (including phenoxy) is 1. The highest BCUT2D eigenvalue weighted by atomic mass is 19.1. The third-order valence-electron chi connectivity index (χ3n) is 5.84. The number of H-pyrrole nitrogens is 1. The van der Waals surface area contributed by atoms with Gasteiger partial charge in [0, 0.05) is 12.2 Å². The second-order valence-electron chi connectivity index (χ2n) is 7.71. The zero-order chi connectivity index (χ0) is 21.5. The van der Waals surface area contributed by atoms with E-state index < -0.39 is 5.82 Å². The molecule has 0 unspecified atom stereocenters. The first kappa shape index (κ1) is 19.4. The summed E-state index contributed by atoms with van der Waals surface area (Å²) in [5.41, 5.74) is 1.86. The Hall–Kier alpha value is -3.56. The van der Waals surface area contributed by atoms with Gasteiger partial charge in [0.05, 0.1) is 24.9 Å². The predicted octanol–water partition coefficient (Wildman–Crippen LogP) is 2.87. The normalized spacial score (nSPS) is 19.2. The number of aromatic amines is 1. The molecule has 0 radical (unpaired) electrons. The standard InChI is InChI=1S/C21H21FN6O3/c1-2-31-20(29)12-3-6-14(7-4-12)28-19-15(25-21(28)30)9-24-18(26-19)16-10-23-17-8-5-13(22)11-27(16)17/h5,8-12,14H,2-4,6-7H2,1H3,(H,25,30)/t12-,14+. The number of pyridine rings is 1. The smallest absolute Gasteiger partial charge is 0.327 e. The summed E-state index contributed by atoms with van der Waals surface area (Å²) in [6.07, 6.45) is 7.13. The van der Waals surface area contributed by atoms with Crippen LogP contribution < -0.4 is 5.69 Å². The Bertz CT molecular complexity index is 1330. The highest BCUT2D eigenvalue weighted by molar-refractivity contribution is 5.73. The van der Waals surface area contributed by atoms with Crippen molar-refractivity contribution in [2.24, 2.45) is 5.92 Å². The first-order valence-corrected chi connectivity index (χ1v) is 10.3. The van der Waals surface area contributed by atoms with Crippen molar-refractivity contribution in [2.45, 2.75) is 38.6 Å². The lowest BCUT2D eigenvalue weighted by molar-refractivity contribution is -0.149. The lowest BCUT2D eigenvalue weighted by Crippen LogP contribution is -2.29. The van der Waals surface area contributed by atoms with Crippen molar-refractivity contribution in [3.05, 3.63) is 47.0 Å².